The van der Waals surface area contributed by atoms with Gasteiger partial charge in [0.1, 0.15) is 11.8 Å². The Morgan fingerprint density at radius 1 is 1.10 bits per heavy atom. The maximum Gasteiger partial charge on any atom is 0.247 e. The average Bonchev–Trinajstić information content (AvgIpc) is 2.75. The minimum Gasteiger partial charge on any atom is -0.497 e. The zero-order valence-corrected chi connectivity index (χ0v) is 17.1. The van der Waals surface area contributed by atoms with Gasteiger partial charge in [-0.05, 0) is 36.1 Å². The summed E-state index contributed by atoms with van der Waals surface area (Å²) in [5, 5.41) is 11.9. The molecule has 0 fully saturated rings. The molecule has 156 valence electrons. The quantitative estimate of drug-likeness (QED) is 0.570. The molecule has 0 bridgehead atoms. The fraction of sp³-hybridized carbons (Fsp3) is 0.391. The Balaban J connectivity index is 2.36. The average molecular weight is 399 g/mol. The Morgan fingerprint density at radius 3 is 2.38 bits per heavy atom. The number of nitrogens with zero attached hydrogens (tertiary/aromatic N) is 1. The lowest BCUT2D eigenvalue weighted by Gasteiger charge is -2.31. The summed E-state index contributed by atoms with van der Waals surface area (Å²) in [6, 6.07) is 16.1. The van der Waals surface area contributed by atoms with Gasteiger partial charge >= 0.3 is 0 Å². The molecule has 6 nitrogen and oxygen atoms in total. The van der Waals surface area contributed by atoms with Crippen LogP contribution >= 0.6 is 0 Å². The first-order chi connectivity index (χ1) is 14.1. The van der Waals surface area contributed by atoms with E-state index in [1.807, 2.05) is 61.5 Å². The number of amides is 2. The van der Waals surface area contributed by atoms with Gasteiger partial charge in [-0.25, -0.2) is 0 Å². The molecule has 2 rings (SSSR count). The Hall–Kier alpha value is -2.86. The highest BCUT2D eigenvalue weighted by Crippen LogP contribution is 2.25. The summed E-state index contributed by atoms with van der Waals surface area (Å²) in [5.41, 5.74) is 1.67. The minimum absolute atomic E-state index is 0.000607. The van der Waals surface area contributed by atoms with Gasteiger partial charge < -0.3 is 20.1 Å². The second-order valence-corrected chi connectivity index (χ2v) is 6.80. The van der Waals surface area contributed by atoms with Crippen LogP contribution in [0.5, 0.6) is 5.75 Å². The number of aliphatic hydroxyl groups is 1. The van der Waals surface area contributed by atoms with Gasteiger partial charge in [0.15, 0.2) is 0 Å². The van der Waals surface area contributed by atoms with E-state index < -0.39 is 6.04 Å². The zero-order chi connectivity index (χ0) is 21.1. The molecule has 2 aromatic rings. The van der Waals surface area contributed by atoms with Gasteiger partial charge in [0.05, 0.1) is 7.11 Å². The van der Waals surface area contributed by atoms with Crippen LogP contribution in [-0.2, 0) is 16.1 Å². The predicted octanol–water partition coefficient (Wildman–Crippen LogP) is 3.06. The van der Waals surface area contributed by atoms with Crippen LogP contribution < -0.4 is 10.1 Å². The fourth-order valence-corrected chi connectivity index (χ4v) is 3.10. The van der Waals surface area contributed by atoms with Crippen molar-refractivity contribution in [2.75, 3.05) is 20.3 Å². The molecule has 0 heterocycles. The number of ether oxygens (including phenoxy) is 1. The van der Waals surface area contributed by atoms with Crippen molar-refractivity contribution in [3.05, 3.63) is 65.7 Å². The summed E-state index contributed by atoms with van der Waals surface area (Å²) in [6.07, 6.45) is 1.53. The van der Waals surface area contributed by atoms with Gasteiger partial charge in [-0.1, -0.05) is 49.4 Å². The van der Waals surface area contributed by atoms with E-state index >= 15 is 0 Å². The summed E-state index contributed by atoms with van der Waals surface area (Å²) in [6.45, 7) is 2.62. The normalized spacial score (nSPS) is 11.6. The Bertz CT molecular complexity index is 762. The van der Waals surface area contributed by atoms with E-state index in [0.29, 0.717) is 32.4 Å². The topological polar surface area (TPSA) is 78.9 Å². The zero-order valence-electron chi connectivity index (χ0n) is 17.1. The van der Waals surface area contributed by atoms with Gasteiger partial charge in [-0.2, -0.15) is 0 Å². The lowest BCUT2D eigenvalue weighted by atomic mass is 10.0. The van der Waals surface area contributed by atoms with Crippen molar-refractivity contribution < 1.29 is 19.4 Å². The van der Waals surface area contributed by atoms with Crippen LogP contribution in [0.25, 0.3) is 0 Å². The van der Waals surface area contributed by atoms with Crippen molar-refractivity contribution in [2.45, 2.75) is 38.8 Å². The largest absolute Gasteiger partial charge is 0.497 e. The number of methoxy groups -OCH3 is 1. The Kier molecular flexibility index (Phi) is 9.18. The number of carbonyl (C=O) groups excluding carboxylic acids is 2. The Labute approximate surface area is 172 Å². The van der Waals surface area contributed by atoms with Crippen LogP contribution in [0.3, 0.4) is 0 Å². The van der Waals surface area contributed by atoms with E-state index in [2.05, 4.69) is 5.32 Å². The van der Waals surface area contributed by atoms with E-state index in [1.165, 1.54) is 0 Å². The lowest BCUT2D eigenvalue weighted by Crippen LogP contribution is -2.43. The molecule has 1 atom stereocenters. The van der Waals surface area contributed by atoms with Crippen LogP contribution in [0.1, 0.15) is 43.4 Å². The molecule has 0 aromatic heterocycles. The summed E-state index contributed by atoms with van der Waals surface area (Å²) < 4.78 is 5.21. The van der Waals surface area contributed by atoms with Gasteiger partial charge in [0.2, 0.25) is 11.8 Å². The molecule has 0 aliphatic rings. The van der Waals surface area contributed by atoms with Crippen molar-refractivity contribution >= 4 is 11.8 Å². The maximum absolute atomic E-state index is 13.1. The summed E-state index contributed by atoms with van der Waals surface area (Å²) in [4.78, 5) is 27.7. The number of benzene rings is 2. The molecule has 0 unspecified atom stereocenters. The second kappa shape index (κ2) is 11.9. The molecule has 0 aliphatic heterocycles. The first-order valence-corrected chi connectivity index (χ1v) is 9.96. The summed E-state index contributed by atoms with van der Waals surface area (Å²) in [7, 11) is 1.61. The molecule has 0 radical (unpaired) electrons. The molecule has 2 amide bonds. The molecule has 2 aromatic carbocycles. The highest BCUT2D eigenvalue weighted by Gasteiger charge is 2.30. The third-order valence-electron chi connectivity index (χ3n) is 4.61. The SMILES string of the molecule is CCCC(=O)N(Cc1ccc(OC)cc1)[C@@H](C(=O)NCCCO)c1ccccc1. The third kappa shape index (κ3) is 6.61. The predicted molar refractivity (Wildman–Crippen MR) is 112 cm³/mol. The smallest absolute Gasteiger partial charge is 0.247 e. The van der Waals surface area contributed by atoms with Crippen molar-refractivity contribution in [1.29, 1.82) is 0 Å². The van der Waals surface area contributed by atoms with E-state index in [-0.39, 0.29) is 18.4 Å². The first-order valence-electron chi connectivity index (χ1n) is 9.96. The maximum atomic E-state index is 13.1. The van der Waals surface area contributed by atoms with Gasteiger partial charge in [-0.3, -0.25) is 9.59 Å². The lowest BCUT2D eigenvalue weighted by molar-refractivity contribution is -0.141. The number of hydrogen-bond acceptors (Lipinski definition) is 4. The molecule has 0 spiro atoms. The standard InChI is InChI=1S/C23H30N2O4/c1-3-8-21(27)25(17-18-11-13-20(29-2)14-12-18)22(19-9-5-4-6-10-19)23(28)24-15-7-16-26/h4-6,9-14,22,26H,3,7-8,15-17H2,1-2H3,(H,24,28)/t22-/m1/s1. The first kappa shape index (κ1) is 22.4. The van der Waals surface area contributed by atoms with Gasteiger partial charge in [-0.15, -0.1) is 0 Å². The van der Waals surface area contributed by atoms with Crippen molar-refractivity contribution in [1.82, 2.24) is 10.2 Å². The van der Waals surface area contributed by atoms with Crippen LogP contribution in [0.4, 0.5) is 0 Å². The second-order valence-electron chi connectivity index (χ2n) is 6.80. The van der Waals surface area contributed by atoms with Crippen molar-refractivity contribution in [2.24, 2.45) is 0 Å². The summed E-state index contributed by atoms with van der Waals surface area (Å²) >= 11 is 0. The number of hydrogen-bond donors (Lipinski definition) is 2. The highest BCUT2D eigenvalue weighted by atomic mass is 16.5. The minimum atomic E-state index is -0.740. The van der Waals surface area contributed by atoms with Gasteiger partial charge in [0, 0.05) is 26.1 Å². The van der Waals surface area contributed by atoms with Crippen molar-refractivity contribution in [3.8, 4) is 5.75 Å². The highest BCUT2D eigenvalue weighted by molar-refractivity contribution is 5.88. The molecule has 0 aliphatic carbocycles. The molecular weight excluding hydrogens is 368 g/mol. The molecule has 0 saturated heterocycles. The monoisotopic (exact) mass is 398 g/mol. The van der Waals surface area contributed by atoms with Crippen LogP contribution in [-0.4, -0.2) is 42.1 Å². The molecule has 0 saturated carbocycles. The van der Waals surface area contributed by atoms with E-state index in [1.54, 1.807) is 12.0 Å². The van der Waals surface area contributed by atoms with E-state index in [9.17, 15) is 9.59 Å². The fourth-order valence-electron chi connectivity index (χ4n) is 3.10. The van der Waals surface area contributed by atoms with Crippen LogP contribution in [0.2, 0.25) is 0 Å². The summed E-state index contributed by atoms with van der Waals surface area (Å²) in [5.74, 6) is 0.415. The number of carbonyl (C=O) groups is 2. The molecule has 2 N–H and O–H groups in total. The van der Waals surface area contributed by atoms with Crippen molar-refractivity contribution in [3.63, 3.8) is 0 Å². The third-order valence-corrected chi connectivity index (χ3v) is 4.61. The number of nitrogens with one attached hydrogen (secondary N) is 1. The molecular formula is C23H30N2O4. The van der Waals surface area contributed by atoms with Crippen LogP contribution in [0.15, 0.2) is 54.6 Å². The molecule has 6 heteroatoms. The number of aliphatic hydroxyl groups excluding tert-OH is 1. The Morgan fingerprint density at radius 2 is 1.79 bits per heavy atom. The van der Waals surface area contributed by atoms with E-state index in [4.69, 9.17) is 9.84 Å². The molecule has 29 heavy (non-hydrogen) atoms. The van der Waals surface area contributed by atoms with Gasteiger partial charge in [0.25, 0.3) is 0 Å². The van der Waals surface area contributed by atoms with Crippen LogP contribution in [0, 0.1) is 0 Å². The number of rotatable bonds is 11. The van der Waals surface area contributed by atoms with E-state index in [0.717, 1.165) is 16.9 Å².